The van der Waals surface area contributed by atoms with Gasteiger partial charge in [-0.2, -0.15) is 0 Å². The zero-order chi connectivity index (χ0) is 11.6. The van der Waals surface area contributed by atoms with Crippen molar-refractivity contribution in [2.24, 2.45) is 0 Å². The normalized spacial score (nSPS) is 41.3. The van der Waals surface area contributed by atoms with Gasteiger partial charge in [0.2, 0.25) is 0 Å². The van der Waals surface area contributed by atoms with Crippen molar-refractivity contribution in [2.75, 3.05) is 6.61 Å². The maximum absolute atomic E-state index is 10.8. The first kappa shape index (κ1) is 12.9. The fourth-order valence-corrected chi connectivity index (χ4v) is 2.25. The molecule has 0 unspecified atom stereocenters. The van der Waals surface area contributed by atoms with Gasteiger partial charge in [-0.15, -0.1) is 0 Å². The van der Waals surface area contributed by atoms with E-state index in [1.165, 1.54) is 6.92 Å². The summed E-state index contributed by atoms with van der Waals surface area (Å²) in [7, 11) is 0. The van der Waals surface area contributed by atoms with Crippen LogP contribution in [0.25, 0.3) is 0 Å². The third-order valence-corrected chi connectivity index (χ3v) is 3.10. The van der Waals surface area contributed by atoms with Crippen LogP contribution in [0.1, 0.15) is 6.92 Å². The van der Waals surface area contributed by atoms with Crippen LogP contribution in [0.2, 0.25) is 0 Å². The summed E-state index contributed by atoms with van der Waals surface area (Å²) in [4.78, 5) is 10.8. The predicted molar refractivity (Wildman–Crippen MR) is 51.1 cm³/mol. The van der Waals surface area contributed by atoms with Crippen LogP contribution in [-0.4, -0.2) is 73.2 Å². The van der Waals surface area contributed by atoms with Crippen molar-refractivity contribution in [3.8, 4) is 0 Å². The van der Waals surface area contributed by atoms with Gasteiger partial charge >= 0.3 is 95.0 Å². The average molecular weight is 283 g/mol. The number of rotatable bonds is 2. The van der Waals surface area contributed by atoms with E-state index in [0.29, 0.717) is 0 Å². The van der Waals surface area contributed by atoms with Gasteiger partial charge in [0.25, 0.3) is 0 Å². The molecule has 1 saturated heterocycles. The molecule has 0 saturated carbocycles. The summed E-state index contributed by atoms with van der Waals surface area (Å²) in [5.41, 5.74) is 0. The zero-order valence-electron chi connectivity index (χ0n) is 8.16. The molecule has 15 heavy (non-hydrogen) atoms. The minimum absolute atomic E-state index is 0.322. The third kappa shape index (κ3) is 2.90. The Labute approximate surface area is 95.4 Å². The van der Waals surface area contributed by atoms with E-state index < -0.39 is 29.4 Å². The van der Waals surface area contributed by atoms with Crippen LogP contribution >= 0.6 is 0 Å². The van der Waals surface area contributed by atoms with E-state index in [1.807, 2.05) is 0 Å². The number of amides is 1. The molecule has 6 nitrogen and oxygen atoms in total. The van der Waals surface area contributed by atoms with Crippen molar-refractivity contribution in [3.63, 3.8) is 0 Å². The monoisotopic (exact) mass is 284 g/mol. The van der Waals surface area contributed by atoms with Crippen LogP contribution < -0.4 is 5.32 Å². The Hall–Kier alpha value is -0.171. The fourth-order valence-electron chi connectivity index (χ4n) is 1.47. The minimum atomic E-state index is -1.21. The number of aliphatic hydroxyl groups excluding tert-OH is 3. The second-order valence-corrected chi connectivity index (χ2v) is 4.41. The molecule has 5 atom stereocenters. The van der Waals surface area contributed by atoms with E-state index in [2.05, 4.69) is 21.3 Å². The summed E-state index contributed by atoms with van der Waals surface area (Å²) in [6, 6.07) is -0.708. The van der Waals surface area contributed by atoms with Gasteiger partial charge in [-0.1, -0.05) is 0 Å². The van der Waals surface area contributed by atoms with E-state index in [1.54, 1.807) is 0 Å². The van der Waals surface area contributed by atoms with E-state index >= 15 is 0 Å². The molecule has 1 aliphatic rings. The van der Waals surface area contributed by atoms with Crippen LogP contribution in [-0.2, 0) is 9.53 Å². The molecule has 1 rings (SSSR count). The second kappa shape index (κ2) is 5.25. The Balaban J connectivity index is 2.70. The van der Waals surface area contributed by atoms with Crippen molar-refractivity contribution in [2.45, 2.75) is 36.3 Å². The van der Waals surface area contributed by atoms with Crippen LogP contribution in [0, 0.1) is 0 Å². The summed E-state index contributed by atoms with van der Waals surface area (Å²) in [6.07, 6.45) is -3.21. The van der Waals surface area contributed by atoms with Crippen LogP contribution in [0.5, 0.6) is 0 Å². The van der Waals surface area contributed by atoms with Gasteiger partial charge in [-0.3, -0.25) is 0 Å². The van der Waals surface area contributed by atoms with Gasteiger partial charge in [0.1, 0.15) is 0 Å². The standard InChI is InChI=1S/C8H15NO5Se/c1-3(11)9-5-7(13)6(12)4(2-10)14-8(5)15/h4-8,10,12-13,15H,2H2,1H3,(H,9,11)/p-1/t4-,5-,6+,7-,8+/m1/s1. The van der Waals surface area contributed by atoms with Crippen LogP contribution in [0.15, 0.2) is 0 Å². The molecule has 1 fully saturated rings. The topological polar surface area (TPSA) is 99.0 Å². The van der Waals surface area contributed by atoms with Crippen molar-refractivity contribution in [1.29, 1.82) is 0 Å². The number of ether oxygens (including phenoxy) is 1. The number of carbonyl (C=O) groups is 1. The van der Waals surface area contributed by atoms with E-state index in [9.17, 15) is 15.0 Å². The molecule has 0 aliphatic carbocycles. The van der Waals surface area contributed by atoms with Crippen molar-refractivity contribution < 1.29 is 24.9 Å². The van der Waals surface area contributed by atoms with Gasteiger partial charge < -0.3 is 0 Å². The van der Waals surface area contributed by atoms with E-state index in [4.69, 9.17) is 9.84 Å². The van der Waals surface area contributed by atoms with Gasteiger partial charge in [0.05, 0.1) is 0 Å². The SMILES string of the molecule is CC(=O)N[C@@H]1[C@@H](O)[C@@H](O)[C@@H](CO)O[C@H]1[Se-]. The Morgan fingerprint density at radius 1 is 1.47 bits per heavy atom. The maximum atomic E-state index is 10.8. The summed E-state index contributed by atoms with van der Waals surface area (Å²) in [5, 5.41) is 30.0. The molecular weight excluding hydrogens is 269 g/mol. The number of aliphatic hydroxyl groups is 3. The molecule has 0 spiro atoms. The van der Waals surface area contributed by atoms with Crippen LogP contribution in [0.4, 0.5) is 0 Å². The van der Waals surface area contributed by atoms with Crippen molar-refractivity contribution in [1.82, 2.24) is 5.32 Å². The first-order chi connectivity index (χ1) is 6.97. The van der Waals surface area contributed by atoms with Gasteiger partial charge in [0.15, 0.2) is 0 Å². The van der Waals surface area contributed by atoms with Crippen molar-refractivity contribution >= 4 is 21.9 Å². The molecule has 0 aromatic rings. The Kier molecular flexibility index (Phi) is 4.51. The molecule has 1 amide bonds. The molecule has 1 aliphatic heterocycles. The zero-order valence-corrected chi connectivity index (χ0v) is 9.87. The molecule has 4 N–H and O–H groups in total. The first-order valence-corrected chi connectivity index (χ1v) is 5.51. The van der Waals surface area contributed by atoms with Crippen LogP contribution in [0.3, 0.4) is 0 Å². The number of carbonyl (C=O) groups excluding carboxylic acids is 1. The fraction of sp³-hybridized carbons (Fsp3) is 0.875. The predicted octanol–water partition coefficient (Wildman–Crippen LogP) is -2.90. The Morgan fingerprint density at radius 2 is 2.07 bits per heavy atom. The Morgan fingerprint density at radius 3 is 2.53 bits per heavy atom. The summed E-state index contributed by atoms with van der Waals surface area (Å²) >= 11 is 2.63. The molecule has 0 bridgehead atoms. The first-order valence-electron chi connectivity index (χ1n) is 4.52. The van der Waals surface area contributed by atoms with E-state index in [0.717, 1.165) is 0 Å². The molecule has 0 aromatic heterocycles. The number of nitrogens with one attached hydrogen (secondary N) is 1. The Bertz CT molecular complexity index is 239. The summed E-state index contributed by atoms with van der Waals surface area (Å²) in [5.74, 6) is -0.322. The van der Waals surface area contributed by atoms with Gasteiger partial charge in [-0.25, -0.2) is 0 Å². The van der Waals surface area contributed by atoms with Gasteiger partial charge in [-0.05, 0) is 0 Å². The van der Waals surface area contributed by atoms with E-state index in [-0.39, 0.29) is 12.5 Å². The number of hydrogen-bond acceptors (Lipinski definition) is 5. The molecule has 7 heteroatoms. The summed E-state index contributed by atoms with van der Waals surface area (Å²) in [6.45, 7) is 0.924. The average Bonchev–Trinajstić information content (AvgIpc) is 2.18. The molecule has 0 radical (unpaired) electrons. The molecular formula is C8H14NO5Se-. The molecule has 0 aromatic carbocycles. The summed E-state index contributed by atoms with van der Waals surface area (Å²) < 4.78 is 5.20. The van der Waals surface area contributed by atoms with Crippen molar-refractivity contribution in [3.05, 3.63) is 0 Å². The molecule has 1 heterocycles. The number of hydrogen-bond donors (Lipinski definition) is 4. The quantitative estimate of drug-likeness (QED) is 0.407. The van der Waals surface area contributed by atoms with Gasteiger partial charge in [0, 0.05) is 0 Å². The molecule has 88 valence electrons. The third-order valence-electron chi connectivity index (χ3n) is 2.25. The second-order valence-electron chi connectivity index (χ2n) is 3.43.